The Morgan fingerprint density at radius 2 is 2.21 bits per heavy atom. The highest BCUT2D eigenvalue weighted by Gasteiger charge is 2.37. The van der Waals surface area contributed by atoms with Gasteiger partial charge in [0, 0.05) is 48.0 Å². The summed E-state index contributed by atoms with van der Waals surface area (Å²) in [5.74, 6) is -0.313. The first-order chi connectivity index (χ1) is 13.5. The number of hydrogen-bond donors (Lipinski definition) is 1. The summed E-state index contributed by atoms with van der Waals surface area (Å²) in [6.07, 6.45) is 6.51. The Hall–Kier alpha value is -1.95. The van der Waals surface area contributed by atoms with Crippen molar-refractivity contribution in [3.05, 3.63) is 64.3 Å². The van der Waals surface area contributed by atoms with Crippen LogP contribution in [0.25, 0.3) is 10.9 Å². The van der Waals surface area contributed by atoms with E-state index in [0.717, 1.165) is 48.8 Å². The number of benzene rings is 1. The van der Waals surface area contributed by atoms with Crippen molar-refractivity contribution in [1.29, 1.82) is 0 Å². The molecule has 0 amide bonds. The number of hydrogen-bond acceptors (Lipinski definition) is 3. The second kappa shape index (κ2) is 6.55. The average molecular weight is 400 g/mol. The van der Waals surface area contributed by atoms with Gasteiger partial charge in [-0.15, -0.1) is 0 Å². The van der Waals surface area contributed by atoms with Crippen molar-refractivity contribution < 1.29 is 9.50 Å². The molecule has 0 radical (unpaired) electrons. The van der Waals surface area contributed by atoms with Gasteiger partial charge in [-0.25, -0.2) is 4.39 Å². The first-order valence-corrected chi connectivity index (χ1v) is 10.2. The summed E-state index contributed by atoms with van der Waals surface area (Å²) in [6.45, 7) is 4.23. The smallest absolute Gasteiger partial charge is 0.125 e. The highest BCUT2D eigenvalue weighted by molar-refractivity contribution is 6.35. The van der Waals surface area contributed by atoms with E-state index < -0.39 is 5.60 Å². The number of nitrogens with zero attached hydrogens (tertiary/aromatic N) is 3. The minimum absolute atomic E-state index is 0.313. The molecule has 0 saturated carbocycles. The van der Waals surface area contributed by atoms with E-state index in [0.29, 0.717) is 17.6 Å². The molecule has 2 aromatic heterocycles. The Balaban J connectivity index is 1.71. The maximum atomic E-state index is 14.3. The van der Waals surface area contributed by atoms with E-state index in [9.17, 15) is 9.50 Å². The second-order valence-corrected chi connectivity index (χ2v) is 8.60. The van der Waals surface area contributed by atoms with E-state index in [4.69, 9.17) is 11.6 Å². The molecule has 1 N–H and O–H groups in total. The van der Waals surface area contributed by atoms with Crippen LogP contribution in [0.15, 0.2) is 36.7 Å². The zero-order valence-electron chi connectivity index (χ0n) is 15.8. The third-order valence-corrected chi connectivity index (χ3v) is 6.60. The molecule has 0 aliphatic carbocycles. The summed E-state index contributed by atoms with van der Waals surface area (Å²) in [6, 6.07) is 7.00. The van der Waals surface area contributed by atoms with Crippen molar-refractivity contribution in [1.82, 2.24) is 14.5 Å². The van der Waals surface area contributed by atoms with Gasteiger partial charge in [-0.1, -0.05) is 17.7 Å². The SMILES string of the molecule is CC(O)(Cn1c2c(c3cc(F)cc(Cl)c31)C1CCCN1CC2)c1cccnc1. The lowest BCUT2D eigenvalue weighted by Crippen LogP contribution is -2.33. The van der Waals surface area contributed by atoms with E-state index >= 15 is 0 Å². The van der Waals surface area contributed by atoms with Crippen LogP contribution in [0.1, 0.15) is 42.6 Å². The van der Waals surface area contributed by atoms with Crippen molar-refractivity contribution in [2.75, 3.05) is 13.1 Å². The van der Waals surface area contributed by atoms with E-state index in [1.54, 1.807) is 25.4 Å². The van der Waals surface area contributed by atoms with Crippen LogP contribution in [-0.2, 0) is 18.6 Å². The van der Waals surface area contributed by atoms with Crippen LogP contribution in [0.3, 0.4) is 0 Å². The topological polar surface area (TPSA) is 41.3 Å². The van der Waals surface area contributed by atoms with Gasteiger partial charge in [0.25, 0.3) is 0 Å². The molecule has 2 aliphatic heterocycles. The predicted molar refractivity (Wildman–Crippen MR) is 108 cm³/mol. The molecule has 146 valence electrons. The fourth-order valence-corrected chi connectivity index (χ4v) is 5.36. The Labute approximate surface area is 168 Å². The van der Waals surface area contributed by atoms with Crippen LogP contribution in [-0.4, -0.2) is 32.6 Å². The van der Waals surface area contributed by atoms with Crippen LogP contribution in [0, 0.1) is 5.82 Å². The monoisotopic (exact) mass is 399 g/mol. The highest BCUT2D eigenvalue weighted by Crippen LogP contribution is 2.45. The van der Waals surface area contributed by atoms with Gasteiger partial charge in [-0.2, -0.15) is 0 Å². The van der Waals surface area contributed by atoms with Gasteiger partial charge in [0.1, 0.15) is 11.4 Å². The predicted octanol–water partition coefficient (Wildman–Crippen LogP) is 4.43. The summed E-state index contributed by atoms with van der Waals surface area (Å²) in [7, 11) is 0. The molecule has 2 atom stereocenters. The van der Waals surface area contributed by atoms with Gasteiger partial charge < -0.3 is 9.67 Å². The van der Waals surface area contributed by atoms with E-state index in [-0.39, 0.29) is 5.82 Å². The maximum Gasteiger partial charge on any atom is 0.125 e. The molecular weight excluding hydrogens is 377 g/mol. The van der Waals surface area contributed by atoms with Crippen molar-refractivity contribution in [3.8, 4) is 0 Å². The molecule has 1 saturated heterocycles. The highest BCUT2D eigenvalue weighted by atomic mass is 35.5. The molecular formula is C22H23ClFN3O. The fourth-order valence-electron chi connectivity index (χ4n) is 5.05. The number of halogens is 2. The van der Waals surface area contributed by atoms with Gasteiger partial charge in [0.15, 0.2) is 0 Å². The lowest BCUT2D eigenvalue weighted by molar-refractivity contribution is 0.0380. The van der Waals surface area contributed by atoms with Crippen LogP contribution >= 0.6 is 11.6 Å². The molecule has 1 aromatic carbocycles. The summed E-state index contributed by atoms with van der Waals surface area (Å²) >= 11 is 6.54. The molecule has 4 nitrogen and oxygen atoms in total. The Morgan fingerprint density at radius 3 is 3.00 bits per heavy atom. The fraction of sp³-hybridized carbons (Fsp3) is 0.409. The third kappa shape index (κ3) is 2.76. The summed E-state index contributed by atoms with van der Waals surface area (Å²) < 4.78 is 16.4. The molecule has 6 heteroatoms. The second-order valence-electron chi connectivity index (χ2n) is 8.19. The number of aliphatic hydroxyl groups is 1. The maximum absolute atomic E-state index is 14.3. The molecule has 5 rings (SSSR count). The zero-order chi connectivity index (χ0) is 19.5. The van der Waals surface area contributed by atoms with Crippen LogP contribution in [0.5, 0.6) is 0 Å². The zero-order valence-corrected chi connectivity index (χ0v) is 16.6. The normalized spacial score (nSPS) is 21.5. The Morgan fingerprint density at radius 1 is 1.36 bits per heavy atom. The quantitative estimate of drug-likeness (QED) is 0.708. The molecule has 1 fully saturated rings. The van der Waals surface area contributed by atoms with Crippen molar-refractivity contribution in [3.63, 3.8) is 0 Å². The van der Waals surface area contributed by atoms with Crippen molar-refractivity contribution in [2.45, 2.75) is 44.4 Å². The molecule has 3 aromatic rings. The van der Waals surface area contributed by atoms with E-state index in [1.807, 2.05) is 12.1 Å². The van der Waals surface area contributed by atoms with Crippen LogP contribution in [0.2, 0.25) is 5.02 Å². The largest absolute Gasteiger partial charge is 0.384 e. The minimum atomic E-state index is -1.11. The summed E-state index contributed by atoms with van der Waals surface area (Å²) in [4.78, 5) is 6.64. The van der Waals surface area contributed by atoms with Crippen LogP contribution in [0.4, 0.5) is 4.39 Å². The first kappa shape index (κ1) is 18.1. The standard InChI is InChI=1S/C22H23ClFN3O/c1-22(28,14-4-2-7-25-12-14)13-27-19-6-9-26-8-3-5-18(26)20(19)16-10-15(24)11-17(23)21(16)27/h2,4,7,10-12,18,28H,3,5-6,8-9,13H2,1H3. The van der Waals surface area contributed by atoms with Gasteiger partial charge in [-0.05, 0) is 50.1 Å². The van der Waals surface area contributed by atoms with Gasteiger partial charge in [0.2, 0.25) is 0 Å². The Kier molecular flexibility index (Phi) is 4.23. The average Bonchev–Trinajstić information content (AvgIpc) is 3.25. The van der Waals surface area contributed by atoms with Crippen molar-refractivity contribution >= 4 is 22.5 Å². The molecule has 0 bridgehead atoms. The lowest BCUT2D eigenvalue weighted by atomic mass is 9.95. The van der Waals surface area contributed by atoms with Gasteiger partial charge >= 0.3 is 0 Å². The lowest BCUT2D eigenvalue weighted by Gasteiger charge is -2.32. The molecule has 28 heavy (non-hydrogen) atoms. The van der Waals surface area contributed by atoms with E-state index in [1.165, 1.54) is 17.3 Å². The molecule has 2 aliphatic rings. The number of fused-ring (bicyclic) bond motifs is 5. The molecule has 2 unspecified atom stereocenters. The summed E-state index contributed by atoms with van der Waals surface area (Å²) in [5.41, 5.74) is 2.84. The third-order valence-electron chi connectivity index (χ3n) is 6.31. The van der Waals surface area contributed by atoms with Gasteiger partial charge in [-0.3, -0.25) is 9.88 Å². The molecule has 0 spiro atoms. The van der Waals surface area contributed by atoms with Crippen LogP contribution < -0.4 is 0 Å². The Bertz CT molecular complexity index is 1050. The first-order valence-electron chi connectivity index (χ1n) is 9.82. The number of pyridine rings is 1. The van der Waals surface area contributed by atoms with Gasteiger partial charge in [0.05, 0.1) is 17.1 Å². The van der Waals surface area contributed by atoms with E-state index in [2.05, 4.69) is 14.5 Å². The molecule has 4 heterocycles. The number of rotatable bonds is 3. The number of aromatic nitrogens is 2. The minimum Gasteiger partial charge on any atom is -0.384 e. The van der Waals surface area contributed by atoms with Crippen molar-refractivity contribution in [2.24, 2.45) is 0 Å². The summed E-state index contributed by atoms with van der Waals surface area (Å²) in [5, 5.41) is 12.5.